The van der Waals surface area contributed by atoms with Gasteiger partial charge in [-0.1, -0.05) is 72.8 Å². The second-order valence-corrected chi connectivity index (χ2v) is 9.44. The molecule has 34 heavy (non-hydrogen) atoms. The van der Waals surface area contributed by atoms with Crippen molar-refractivity contribution in [3.63, 3.8) is 0 Å². The van der Waals surface area contributed by atoms with Gasteiger partial charge < -0.3 is 5.32 Å². The zero-order valence-corrected chi connectivity index (χ0v) is 19.0. The van der Waals surface area contributed by atoms with Gasteiger partial charge >= 0.3 is 0 Å². The van der Waals surface area contributed by atoms with Crippen LogP contribution in [0.2, 0.25) is 0 Å². The number of hydrogen-bond donors (Lipinski definition) is 2. The number of hydrogen-bond acceptors (Lipinski definition) is 3. The SMILES string of the molecule is O=C(Cc1ccc(NS(=O)(=O)c2ccc(F)cc2)cc1)NC(c1ccccc1)c1ccccc1. The van der Waals surface area contributed by atoms with Crippen molar-refractivity contribution in [1.29, 1.82) is 0 Å². The summed E-state index contributed by atoms with van der Waals surface area (Å²) in [6.07, 6.45) is 0.140. The molecule has 0 saturated heterocycles. The van der Waals surface area contributed by atoms with E-state index in [1.165, 1.54) is 12.1 Å². The number of anilines is 1. The lowest BCUT2D eigenvalue weighted by molar-refractivity contribution is -0.120. The fourth-order valence-electron chi connectivity index (χ4n) is 3.57. The Morgan fingerprint density at radius 1 is 0.735 bits per heavy atom. The van der Waals surface area contributed by atoms with Crippen molar-refractivity contribution in [3.05, 3.63) is 132 Å². The monoisotopic (exact) mass is 474 g/mol. The van der Waals surface area contributed by atoms with Gasteiger partial charge in [0.25, 0.3) is 10.0 Å². The Balaban J connectivity index is 1.43. The third-order valence-electron chi connectivity index (χ3n) is 5.27. The smallest absolute Gasteiger partial charge is 0.261 e. The molecule has 172 valence electrons. The van der Waals surface area contributed by atoms with Gasteiger partial charge in [-0.2, -0.15) is 0 Å². The average molecular weight is 475 g/mol. The van der Waals surface area contributed by atoms with Crippen LogP contribution < -0.4 is 10.0 Å². The first-order chi connectivity index (χ1) is 16.4. The summed E-state index contributed by atoms with van der Waals surface area (Å²) in [5.41, 5.74) is 3.04. The third-order valence-corrected chi connectivity index (χ3v) is 6.66. The second-order valence-electron chi connectivity index (χ2n) is 7.76. The summed E-state index contributed by atoms with van der Waals surface area (Å²) in [6, 6.07) is 30.4. The lowest BCUT2D eigenvalue weighted by Crippen LogP contribution is -2.30. The number of amides is 1. The quantitative estimate of drug-likeness (QED) is 0.374. The summed E-state index contributed by atoms with van der Waals surface area (Å²) >= 11 is 0. The maximum atomic E-state index is 13.1. The molecule has 0 saturated carbocycles. The normalized spacial score (nSPS) is 11.2. The lowest BCUT2D eigenvalue weighted by Gasteiger charge is -2.20. The number of carbonyl (C=O) groups excluding carboxylic acids is 1. The summed E-state index contributed by atoms with van der Waals surface area (Å²) < 4.78 is 40.5. The van der Waals surface area contributed by atoms with E-state index >= 15 is 0 Å². The molecule has 0 bridgehead atoms. The van der Waals surface area contributed by atoms with Gasteiger partial charge in [0.1, 0.15) is 5.82 Å². The highest BCUT2D eigenvalue weighted by Gasteiger charge is 2.17. The minimum Gasteiger partial charge on any atom is -0.345 e. The first-order valence-electron chi connectivity index (χ1n) is 10.7. The Bertz CT molecular complexity index is 1300. The van der Waals surface area contributed by atoms with E-state index < -0.39 is 15.8 Å². The summed E-state index contributed by atoms with van der Waals surface area (Å²) in [5, 5.41) is 3.10. The van der Waals surface area contributed by atoms with Gasteiger partial charge in [0.2, 0.25) is 5.91 Å². The standard InChI is InChI=1S/C27H23FN2O3S/c28-23-13-17-25(18-14-23)34(32,33)30-24-15-11-20(12-16-24)19-26(31)29-27(21-7-3-1-4-8-21)22-9-5-2-6-10-22/h1-18,27,30H,19H2,(H,29,31). The molecule has 0 aromatic heterocycles. The van der Waals surface area contributed by atoms with Crippen molar-refractivity contribution in [3.8, 4) is 0 Å². The van der Waals surface area contributed by atoms with Crippen LogP contribution in [0.15, 0.2) is 114 Å². The molecule has 0 radical (unpaired) electrons. The van der Waals surface area contributed by atoms with E-state index in [0.29, 0.717) is 5.69 Å². The van der Waals surface area contributed by atoms with Gasteiger partial charge in [0, 0.05) is 5.69 Å². The molecule has 0 unspecified atom stereocenters. The van der Waals surface area contributed by atoms with E-state index in [2.05, 4.69) is 10.0 Å². The van der Waals surface area contributed by atoms with Gasteiger partial charge in [-0.3, -0.25) is 9.52 Å². The Morgan fingerprint density at radius 3 is 1.79 bits per heavy atom. The molecule has 0 atom stereocenters. The van der Waals surface area contributed by atoms with Crippen LogP contribution in [0.25, 0.3) is 0 Å². The summed E-state index contributed by atoms with van der Waals surface area (Å²) in [4.78, 5) is 12.8. The van der Waals surface area contributed by atoms with Crippen molar-refractivity contribution >= 4 is 21.6 Å². The van der Waals surface area contributed by atoms with Crippen molar-refractivity contribution in [1.82, 2.24) is 5.32 Å². The summed E-state index contributed by atoms with van der Waals surface area (Å²) in [5.74, 6) is -0.666. The van der Waals surface area contributed by atoms with Gasteiger partial charge in [-0.15, -0.1) is 0 Å². The molecule has 4 aromatic rings. The van der Waals surface area contributed by atoms with Gasteiger partial charge in [-0.25, -0.2) is 12.8 Å². The first-order valence-corrected chi connectivity index (χ1v) is 12.2. The van der Waals surface area contributed by atoms with E-state index in [-0.39, 0.29) is 23.3 Å². The van der Waals surface area contributed by atoms with E-state index in [1.807, 2.05) is 60.7 Å². The number of halogens is 1. The number of nitrogens with one attached hydrogen (secondary N) is 2. The van der Waals surface area contributed by atoms with Gasteiger partial charge in [0.15, 0.2) is 0 Å². The van der Waals surface area contributed by atoms with Crippen LogP contribution >= 0.6 is 0 Å². The van der Waals surface area contributed by atoms with Gasteiger partial charge in [-0.05, 0) is 53.1 Å². The Morgan fingerprint density at radius 2 is 1.26 bits per heavy atom. The molecule has 0 aliphatic carbocycles. The fourth-order valence-corrected chi connectivity index (χ4v) is 4.62. The molecule has 0 aliphatic rings. The first kappa shape index (κ1) is 23.2. The topological polar surface area (TPSA) is 75.3 Å². The molecule has 1 amide bonds. The Kier molecular flexibility index (Phi) is 7.04. The van der Waals surface area contributed by atoms with E-state index in [9.17, 15) is 17.6 Å². The molecule has 5 nitrogen and oxygen atoms in total. The molecule has 0 heterocycles. The minimum absolute atomic E-state index is 0.0368. The fraction of sp³-hybridized carbons (Fsp3) is 0.0741. The largest absolute Gasteiger partial charge is 0.345 e. The van der Waals surface area contributed by atoms with Crippen molar-refractivity contribution in [2.45, 2.75) is 17.4 Å². The van der Waals surface area contributed by atoms with Crippen LogP contribution in [0, 0.1) is 5.82 Å². The maximum Gasteiger partial charge on any atom is 0.261 e. The van der Waals surface area contributed by atoms with Crippen LogP contribution in [0.5, 0.6) is 0 Å². The highest BCUT2D eigenvalue weighted by molar-refractivity contribution is 7.92. The van der Waals surface area contributed by atoms with E-state index in [4.69, 9.17) is 0 Å². The number of sulfonamides is 1. The third kappa shape index (κ3) is 5.88. The van der Waals surface area contributed by atoms with Crippen molar-refractivity contribution < 1.29 is 17.6 Å². The van der Waals surface area contributed by atoms with Crippen LogP contribution in [0.4, 0.5) is 10.1 Å². The molecular weight excluding hydrogens is 451 g/mol. The van der Waals surface area contributed by atoms with Crippen LogP contribution in [0.1, 0.15) is 22.7 Å². The Hall–Kier alpha value is -3.97. The summed E-state index contributed by atoms with van der Waals surface area (Å²) in [7, 11) is -3.84. The zero-order chi connectivity index (χ0) is 24.0. The molecule has 4 rings (SSSR count). The minimum atomic E-state index is -3.84. The van der Waals surface area contributed by atoms with Crippen LogP contribution in [-0.2, 0) is 21.2 Å². The van der Waals surface area contributed by atoms with Crippen molar-refractivity contribution in [2.75, 3.05) is 4.72 Å². The van der Waals surface area contributed by atoms with Crippen LogP contribution in [0.3, 0.4) is 0 Å². The molecule has 0 spiro atoms. The predicted octanol–water partition coefficient (Wildman–Crippen LogP) is 5.07. The number of benzene rings is 4. The molecule has 0 fully saturated rings. The maximum absolute atomic E-state index is 13.1. The highest BCUT2D eigenvalue weighted by Crippen LogP contribution is 2.22. The average Bonchev–Trinajstić information content (AvgIpc) is 2.85. The molecule has 4 aromatic carbocycles. The zero-order valence-electron chi connectivity index (χ0n) is 18.2. The van der Waals surface area contributed by atoms with E-state index in [0.717, 1.165) is 28.8 Å². The number of rotatable bonds is 8. The van der Waals surface area contributed by atoms with Crippen LogP contribution in [-0.4, -0.2) is 14.3 Å². The van der Waals surface area contributed by atoms with Crippen molar-refractivity contribution in [2.24, 2.45) is 0 Å². The molecule has 7 heteroatoms. The summed E-state index contributed by atoms with van der Waals surface area (Å²) in [6.45, 7) is 0. The highest BCUT2D eigenvalue weighted by atomic mass is 32.2. The predicted molar refractivity (Wildman–Crippen MR) is 130 cm³/mol. The lowest BCUT2D eigenvalue weighted by atomic mass is 9.98. The number of carbonyl (C=O) groups is 1. The molecule has 2 N–H and O–H groups in total. The van der Waals surface area contributed by atoms with Gasteiger partial charge in [0.05, 0.1) is 17.4 Å². The Labute approximate surface area is 198 Å². The second kappa shape index (κ2) is 10.3. The van der Waals surface area contributed by atoms with E-state index in [1.54, 1.807) is 24.3 Å². The molecule has 0 aliphatic heterocycles. The molecular formula is C27H23FN2O3S.